The van der Waals surface area contributed by atoms with E-state index in [1.54, 1.807) is 0 Å². The fourth-order valence-corrected chi connectivity index (χ4v) is 2.75. The van der Waals surface area contributed by atoms with Crippen LogP contribution in [0.2, 0.25) is 0 Å². The van der Waals surface area contributed by atoms with Gasteiger partial charge in [-0.1, -0.05) is 20.3 Å². The van der Waals surface area contributed by atoms with E-state index in [4.69, 9.17) is 5.73 Å². The number of rotatable bonds is 4. The van der Waals surface area contributed by atoms with Gasteiger partial charge in [0, 0.05) is 24.3 Å². The number of aryl methyl sites for hydroxylation is 1. The second-order valence-electron chi connectivity index (χ2n) is 5.24. The molecule has 3 atom stereocenters. The van der Waals surface area contributed by atoms with Crippen molar-refractivity contribution >= 4 is 0 Å². The van der Waals surface area contributed by atoms with Gasteiger partial charge in [-0.15, -0.1) is 0 Å². The molecule has 0 spiro atoms. The summed E-state index contributed by atoms with van der Waals surface area (Å²) >= 11 is 0. The SMILES string of the molecule is CCCn1cc(C(N)C2CCC(C)C2)cn1. The molecule has 3 heteroatoms. The van der Waals surface area contributed by atoms with Crippen LogP contribution in [0.3, 0.4) is 0 Å². The molecule has 0 aliphatic heterocycles. The molecule has 0 amide bonds. The van der Waals surface area contributed by atoms with Gasteiger partial charge in [0.25, 0.3) is 0 Å². The molecule has 0 saturated heterocycles. The third-order valence-corrected chi connectivity index (χ3v) is 3.73. The van der Waals surface area contributed by atoms with E-state index in [1.165, 1.54) is 24.8 Å². The normalized spacial score (nSPS) is 27.2. The number of hydrogen-bond acceptors (Lipinski definition) is 2. The Morgan fingerprint density at radius 1 is 1.56 bits per heavy atom. The summed E-state index contributed by atoms with van der Waals surface area (Å²) in [5, 5.41) is 4.35. The highest BCUT2D eigenvalue weighted by molar-refractivity contribution is 5.11. The van der Waals surface area contributed by atoms with E-state index in [0.29, 0.717) is 5.92 Å². The lowest BCUT2D eigenvalue weighted by molar-refractivity contribution is 0.428. The summed E-state index contributed by atoms with van der Waals surface area (Å²) < 4.78 is 2.01. The molecule has 1 saturated carbocycles. The average Bonchev–Trinajstić information content (AvgIpc) is 2.87. The molecule has 0 radical (unpaired) electrons. The van der Waals surface area contributed by atoms with Crippen molar-refractivity contribution in [2.75, 3.05) is 0 Å². The molecule has 1 aromatic heterocycles. The average molecular weight is 221 g/mol. The van der Waals surface area contributed by atoms with Crippen LogP contribution in [0.15, 0.2) is 12.4 Å². The summed E-state index contributed by atoms with van der Waals surface area (Å²) in [6, 6.07) is 0.190. The van der Waals surface area contributed by atoms with Crippen molar-refractivity contribution in [2.45, 2.75) is 52.1 Å². The van der Waals surface area contributed by atoms with E-state index in [0.717, 1.165) is 18.9 Å². The smallest absolute Gasteiger partial charge is 0.0537 e. The second-order valence-corrected chi connectivity index (χ2v) is 5.24. The maximum absolute atomic E-state index is 6.32. The minimum atomic E-state index is 0.190. The molecule has 1 heterocycles. The van der Waals surface area contributed by atoms with Crippen LogP contribution >= 0.6 is 0 Å². The first-order chi connectivity index (χ1) is 7.70. The van der Waals surface area contributed by atoms with Gasteiger partial charge < -0.3 is 5.73 Å². The fraction of sp³-hybridized carbons (Fsp3) is 0.769. The molecule has 90 valence electrons. The van der Waals surface area contributed by atoms with Crippen LogP contribution in [-0.4, -0.2) is 9.78 Å². The minimum Gasteiger partial charge on any atom is -0.324 e. The van der Waals surface area contributed by atoms with Gasteiger partial charge in [-0.3, -0.25) is 4.68 Å². The van der Waals surface area contributed by atoms with Gasteiger partial charge >= 0.3 is 0 Å². The lowest BCUT2D eigenvalue weighted by Gasteiger charge is -2.17. The van der Waals surface area contributed by atoms with Crippen LogP contribution in [0.5, 0.6) is 0 Å². The Morgan fingerprint density at radius 3 is 3.00 bits per heavy atom. The summed E-state index contributed by atoms with van der Waals surface area (Å²) in [4.78, 5) is 0. The Bertz CT molecular complexity index is 332. The zero-order valence-corrected chi connectivity index (χ0v) is 10.4. The van der Waals surface area contributed by atoms with Crippen molar-refractivity contribution in [1.82, 2.24) is 9.78 Å². The van der Waals surface area contributed by atoms with Crippen molar-refractivity contribution in [3.8, 4) is 0 Å². The van der Waals surface area contributed by atoms with Gasteiger partial charge in [-0.05, 0) is 31.1 Å². The molecule has 3 unspecified atom stereocenters. The molecule has 1 aliphatic rings. The summed E-state index contributed by atoms with van der Waals surface area (Å²) in [5.41, 5.74) is 7.53. The predicted molar refractivity (Wildman–Crippen MR) is 66.0 cm³/mol. The first-order valence-corrected chi connectivity index (χ1v) is 6.48. The Kier molecular flexibility index (Phi) is 3.64. The first kappa shape index (κ1) is 11.6. The van der Waals surface area contributed by atoms with E-state index in [1.807, 2.05) is 10.9 Å². The first-order valence-electron chi connectivity index (χ1n) is 6.48. The molecule has 3 nitrogen and oxygen atoms in total. The predicted octanol–water partition coefficient (Wildman–Crippen LogP) is 2.73. The quantitative estimate of drug-likeness (QED) is 0.849. The van der Waals surface area contributed by atoms with Gasteiger partial charge in [-0.25, -0.2) is 0 Å². The number of aromatic nitrogens is 2. The standard InChI is InChI=1S/C13H23N3/c1-3-6-16-9-12(8-15-16)13(14)11-5-4-10(2)7-11/h8-11,13H,3-7,14H2,1-2H3. The topological polar surface area (TPSA) is 43.8 Å². The van der Waals surface area contributed by atoms with E-state index >= 15 is 0 Å². The lowest BCUT2D eigenvalue weighted by Crippen LogP contribution is -2.18. The third kappa shape index (κ3) is 2.46. The second kappa shape index (κ2) is 5.00. The summed E-state index contributed by atoms with van der Waals surface area (Å²) in [5.74, 6) is 1.51. The molecule has 1 aromatic rings. The Balaban J connectivity index is 1.99. The molecule has 0 bridgehead atoms. The zero-order chi connectivity index (χ0) is 11.5. The molecule has 2 N–H and O–H groups in total. The Hall–Kier alpha value is -0.830. The maximum Gasteiger partial charge on any atom is 0.0537 e. The highest BCUT2D eigenvalue weighted by atomic mass is 15.3. The highest BCUT2D eigenvalue weighted by Gasteiger charge is 2.27. The van der Waals surface area contributed by atoms with Crippen LogP contribution in [0.4, 0.5) is 0 Å². The molecular weight excluding hydrogens is 198 g/mol. The molecule has 1 fully saturated rings. The summed E-state index contributed by atoms with van der Waals surface area (Å²) in [6.45, 7) is 5.49. The summed E-state index contributed by atoms with van der Waals surface area (Å²) in [7, 11) is 0. The van der Waals surface area contributed by atoms with Crippen molar-refractivity contribution in [3.63, 3.8) is 0 Å². The van der Waals surface area contributed by atoms with Crippen LogP contribution in [0.25, 0.3) is 0 Å². The molecule has 0 aromatic carbocycles. The van der Waals surface area contributed by atoms with Gasteiger partial charge in [0.2, 0.25) is 0 Å². The van der Waals surface area contributed by atoms with Crippen molar-refractivity contribution in [1.29, 1.82) is 0 Å². The fourth-order valence-electron chi connectivity index (χ4n) is 2.75. The Labute approximate surface area is 98.0 Å². The van der Waals surface area contributed by atoms with Crippen LogP contribution in [0, 0.1) is 11.8 Å². The van der Waals surface area contributed by atoms with Crippen LogP contribution in [0.1, 0.15) is 51.1 Å². The molecule has 1 aliphatic carbocycles. The van der Waals surface area contributed by atoms with Gasteiger partial charge in [0.15, 0.2) is 0 Å². The van der Waals surface area contributed by atoms with Crippen LogP contribution < -0.4 is 5.73 Å². The van der Waals surface area contributed by atoms with Crippen molar-refractivity contribution in [2.24, 2.45) is 17.6 Å². The maximum atomic E-state index is 6.32. The van der Waals surface area contributed by atoms with Gasteiger partial charge in [0.05, 0.1) is 6.20 Å². The third-order valence-electron chi connectivity index (χ3n) is 3.73. The van der Waals surface area contributed by atoms with E-state index < -0.39 is 0 Å². The highest BCUT2D eigenvalue weighted by Crippen LogP contribution is 2.37. The largest absolute Gasteiger partial charge is 0.324 e. The zero-order valence-electron chi connectivity index (χ0n) is 10.4. The number of nitrogens with two attached hydrogens (primary N) is 1. The monoisotopic (exact) mass is 221 g/mol. The van der Waals surface area contributed by atoms with Crippen LogP contribution in [-0.2, 0) is 6.54 Å². The number of nitrogens with zero attached hydrogens (tertiary/aromatic N) is 2. The van der Waals surface area contributed by atoms with Crippen molar-refractivity contribution in [3.05, 3.63) is 18.0 Å². The lowest BCUT2D eigenvalue weighted by atomic mass is 9.94. The molecule has 16 heavy (non-hydrogen) atoms. The van der Waals surface area contributed by atoms with Crippen molar-refractivity contribution < 1.29 is 0 Å². The van der Waals surface area contributed by atoms with E-state index in [9.17, 15) is 0 Å². The molecular formula is C13H23N3. The number of hydrogen-bond donors (Lipinski definition) is 1. The molecule has 2 rings (SSSR count). The van der Waals surface area contributed by atoms with Gasteiger partial charge in [-0.2, -0.15) is 5.10 Å². The minimum absolute atomic E-state index is 0.190. The van der Waals surface area contributed by atoms with E-state index in [-0.39, 0.29) is 6.04 Å². The van der Waals surface area contributed by atoms with E-state index in [2.05, 4.69) is 25.1 Å². The van der Waals surface area contributed by atoms with Gasteiger partial charge in [0.1, 0.15) is 0 Å². The Morgan fingerprint density at radius 2 is 2.38 bits per heavy atom. The summed E-state index contributed by atoms with van der Waals surface area (Å²) in [6.07, 6.45) is 9.08.